The van der Waals surface area contributed by atoms with Crippen molar-refractivity contribution in [3.8, 4) is 0 Å². The van der Waals surface area contributed by atoms with Gasteiger partial charge in [0.1, 0.15) is 11.0 Å². The van der Waals surface area contributed by atoms with Crippen molar-refractivity contribution in [3.05, 3.63) is 95.2 Å². The number of benzene rings is 2. The van der Waals surface area contributed by atoms with Crippen molar-refractivity contribution >= 4 is 80.1 Å². The molecule has 14 unspecified atom stereocenters. The van der Waals surface area contributed by atoms with Crippen LogP contribution < -0.4 is 20.8 Å². The van der Waals surface area contributed by atoms with E-state index in [2.05, 4.69) is 72.1 Å². The number of Topliss-reactive ketones (excluding diaryl/α,β-unsaturated/α-hetero) is 2. The van der Waals surface area contributed by atoms with Gasteiger partial charge in [-0.25, -0.2) is 9.97 Å². The van der Waals surface area contributed by atoms with E-state index < -0.39 is 23.5 Å². The number of hydrogen-bond donors (Lipinski definition) is 4. The third-order valence-electron chi connectivity index (χ3n) is 17.1. The predicted molar refractivity (Wildman–Crippen MR) is 285 cm³/mol. The molecule has 2 aromatic carbocycles. The molecule has 19 heteroatoms. The van der Waals surface area contributed by atoms with Gasteiger partial charge in [0.05, 0.1) is 71.7 Å². The zero-order chi connectivity index (χ0) is 54.4. The second-order valence-corrected chi connectivity index (χ2v) is 22.2. The summed E-state index contributed by atoms with van der Waals surface area (Å²) in [5.41, 5.74) is 3.30. The predicted octanol–water partition coefficient (Wildman–Crippen LogP) is 8.01. The van der Waals surface area contributed by atoms with Gasteiger partial charge in [0.25, 0.3) is 0 Å². The van der Waals surface area contributed by atoms with Crippen molar-refractivity contribution in [3.63, 3.8) is 0 Å². The Labute approximate surface area is 465 Å². The van der Waals surface area contributed by atoms with E-state index in [1.165, 1.54) is 0 Å². The molecule has 0 amide bonds. The number of carbonyl (C=O) groups is 4. The maximum atomic E-state index is 13.1. The van der Waals surface area contributed by atoms with Gasteiger partial charge < -0.3 is 68.2 Å². The molecule has 77 heavy (non-hydrogen) atoms. The number of nitrogens with zero attached hydrogens (tertiary/aromatic N) is 2. The van der Waals surface area contributed by atoms with Crippen LogP contribution in [0, 0.1) is 47.3 Å². The Morgan fingerprint density at radius 1 is 0.610 bits per heavy atom. The minimum absolute atomic E-state index is 0. The summed E-state index contributed by atoms with van der Waals surface area (Å²) >= 11 is 0. The molecule has 4 saturated heterocycles. The van der Waals surface area contributed by atoms with Crippen LogP contribution in [0.5, 0.6) is 0 Å². The maximum absolute atomic E-state index is 13.1. The molecule has 0 aliphatic carbocycles. The summed E-state index contributed by atoms with van der Waals surface area (Å²) in [5.74, 6) is -2.87. The van der Waals surface area contributed by atoms with Gasteiger partial charge in [0.15, 0.2) is 46.1 Å². The number of carboxylic acid groups (broad SMARTS) is 2. The Hall–Kier alpha value is -5.57. The number of oxazole rings is 2. The number of aromatic carboxylic acids is 2. The van der Waals surface area contributed by atoms with Crippen LogP contribution in [-0.2, 0) is 31.8 Å². The smallest absolute Gasteiger partial charge is 0.545 e. The van der Waals surface area contributed by atoms with E-state index in [0.717, 1.165) is 38.5 Å². The number of fused-ring (bicyclic) bond motifs is 2. The van der Waals surface area contributed by atoms with Gasteiger partial charge in [-0.3, -0.25) is 9.59 Å². The number of hydrogen-bond acceptors (Lipinski definition) is 16. The average molecular weight is 1070 g/mol. The molecule has 0 saturated carbocycles. The number of H-pyrrole nitrogens is 2. The van der Waals surface area contributed by atoms with Crippen LogP contribution in [0.2, 0.25) is 0 Å². The molecule has 6 aromatic rings. The fourth-order valence-corrected chi connectivity index (χ4v) is 12.5. The summed E-state index contributed by atoms with van der Waals surface area (Å²) < 4.78 is 39.0. The van der Waals surface area contributed by atoms with E-state index in [1.54, 1.807) is 62.9 Å². The number of ketones is 2. The maximum Gasteiger partial charge on any atom is 2.00 e. The Morgan fingerprint density at radius 3 is 1.34 bits per heavy atom. The molecule has 0 bridgehead atoms. The summed E-state index contributed by atoms with van der Waals surface area (Å²) in [7, 11) is 3.30. The van der Waals surface area contributed by atoms with Crippen molar-refractivity contribution in [2.45, 2.75) is 143 Å². The van der Waals surface area contributed by atoms with Gasteiger partial charge in [-0.1, -0.05) is 55.4 Å². The molecule has 10 rings (SSSR count). The van der Waals surface area contributed by atoms with E-state index in [9.17, 15) is 29.4 Å². The molecule has 0 radical (unpaired) electrons. The first-order chi connectivity index (χ1) is 36.3. The van der Waals surface area contributed by atoms with Gasteiger partial charge in [0, 0.05) is 74.4 Å². The Kier molecular flexibility index (Phi) is 17.5. The molecule has 4 aliphatic rings. The van der Waals surface area contributed by atoms with Crippen molar-refractivity contribution in [1.82, 2.24) is 19.9 Å². The van der Waals surface area contributed by atoms with E-state index in [0.29, 0.717) is 58.6 Å². The van der Waals surface area contributed by atoms with Gasteiger partial charge in [-0.05, 0) is 97.9 Å². The quantitative estimate of drug-likeness (QED) is 0.0595. The zero-order valence-electron chi connectivity index (χ0n) is 45.9. The van der Waals surface area contributed by atoms with Crippen LogP contribution in [-0.4, -0.2) is 117 Å². The molecule has 4 aromatic heterocycles. The molecule has 2 spiro atoms. The number of aromatic amines is 2. The average Bonchev–Trinajstić information content (AvgIpc) is 4.33. The minimum atomic E-state index is -1.31. The number of carbonyl (C=O) groups excluding carboxylic acids is 4. The van der Waals surface area contributed by atoms with Crippen molar-refractivity contribution < 1.29 is 57.2 Å². The van der Waals surface area contributed by atoms with Crippen LogP contribution in [0.3, 0.4) is 0 Å². The molecular formula is C58H72MgN6O12. The summed E-state index contributed by atoms with van der Waals surface area (Å²) in [6, 6.07) is 13.9. The van der Waals surface area contributed by atoms with E-state index in [-0.39, 0.29) is 129 Å². The second-order valence-electron chi connectivity index (χ2n) is 22.2. The van der Waals surface area contributed by atoms with Gasteiger partial charge in [-0.15, -0.1) is 0 Å². The zero-order valence-corrected chi connectivity index (χ0v) is 47.3. The van der Waals surface area contributed by atoms with Crippen LogP contribution in [0.4, 0.5) is 11.4 Å². The van der Waals surface area contributed by atoms with Crippen LogP contribution in [0.25, 0.3) is 22.2 Å². The molecule has 408 valence electrons. The van der Waals surface area contributed by atoms with Crippen molar-refractivity contribution in [1.29, 1.82) is 0 Å². The number of rotatable bonds is 14. The van der Waals surface area contributed by atoms with E-state index >= 15 is 0 Å². The Morgan fingerprint density at radius 2 is 1.00 bits per heavy atom. The van der Waals surface area contributed by atoms with Gasteiger partial charge >= 0.3 is 23.1 Å². The first-order valence-corrected chi connectivity index (χ1v) is 27.0. The number of aromatic nitrogens is 4. The number of nitrogens with one attached hydrogen (secondary N) is 4. The number of anilines is 2. The molecular weight excluding hydrogens is 997 g/mol. The topological polar surface area (TPSA) is 259 Å². The summed E-state index contributed by atoms with van der Waals surface area (Å²) in [6.07, 6.45) is 8.30. The van der Waals surface area contributed by atoms with Crippen LogP contribution in [0.1, 0.15) is 147 Å². The Bertz CT molecular complexity index is 2840. The summed E-state index contributed by atoms with van der Waals surface area (Å²) in [4.78, 5) is 65.0. The van der Waals surface area contributed by atoms with E-state index in [4.69, 9.17) is 27.8 Å². The monoisotopic (exact) mass is 1070 g/mol. The molecule has 4 fully saturated rings. The third kappa shape index (κ3) is 11.4. The molecule has 18 nitrogen and oxygen atoms in total. The van der Waals surface area contributed by atoms with Gasteiger partial charge in [-0.2, -0.15) is 0 Å². The summed E-state index contributed by atoms with van der Waals surface area (Å²) in [5, 5.41) is 29.4. The fraction of sp³-hybridized carbons (Fsp3) is 0.552. The minimum Gasteiger partial charge on any atom is -0.545 e. The summed E-state index contributed by atoms with van der Waals surface area (Å²) in [6.45, 7) is 16.7. The van der Waals surface area contributed by atoms with Crippen LogP contribution in [0.15, 0.2) is 69.8 Å². The first-order valence-electron chi connectivity index (χ1n) is 27.0. The largest absolute Gasteiger partial charge is 2.00 e. The van der Waals surface area contributed by atoms with Crippen molar-refractivity contribution in [2.75, 3.05) is 24.7 Å². The molecule has 14 atom stereocenters. The normalized spacial score (nSPS) is 30.0. The van der Waals surface area contributed by atoms with Crippen LogP contribution >= 0.6 is 0 Å². The molecule has 4 N–H and O–H groups in total. The standard InChI is InChI=1S/2C29H37N3O6.Mg/c2*1-15-10-11-29(17(3)13-16(2)27(38-29)18(4)26(33)20-7-6-12-31-20)37-22(15)14-23-32-25-21(36-23)9-8-19(30-5)24(25)28(34)35;/h2*6-9,12,15-18,22,27,30-31H,10-11,13-14H2,1-5H3,(H,34,35);/q;;+2/p-2. The first kappa shape index (κ1) is 57.6. The number of ether oxygens (including phenoxy) is 4. The fourth-order valence-electron chi connectivity index (χ4n) is 12.5. The van der Waals surface area contributed by atoms with Crippen molar-refractivity contribution in [2.24, 2.45) is 47.3 Å². The SMILES string of the molecule is CNc1ccc2oc(CC3OC4(CCC3C)OC(C(C)C(=O)c3ccc[nH]3)C(C)CC4C)nc2c1C(=O)[O-].CNc1ccc2oc(CC3OC4(CCC3C)OC(C(C)C(=O)c3ccc[nH]3)C(C)CC4C)nc2c1C(=O)[O-].[Mg+2]. The molecule has 4 aliphatic heterocycles. The Balaban J connectivity index is 0.000000201. The third-order valence-corrected chi connectivity index (χ3v) is 17.1. The van der Waals surface area contributed by atoms with E-state index in [1.807, 2.05) is 26.0 Å². The van der Waals surface area contributed by atoms with Gasteiger partial charge in [0.2, 0.25) is 0 Å². The number of carboxylic acids is 2. The second kappa shape index (κ2) is 23.4. The molecule has 8 heterocycles.